The molecule has 0 aliphatic carbocycles. The molecule has 0 fully saturated rings. The van der Waals surface area contributed by atoms with E-state index in [1.54, 1.807) is 20.0 Å². The molecule has 2 heterocycles. The second-order valence-corrected chi connectivity index (χ2v) is 10.4. The summed E-state index contributed by atoms with van der Waals surface area (Å²) < 4.78 is 0. The van der Waals surface area contributed by atoms with Gasteiger partial charge in [0.1, 0.15) is 18.1 Å². The molecule has 13 nitrogen and oxygen atoms in total. The first-order valence-electron chi connectivity index (χ1n) is 13.7. The Morgan fingerprint density at radius 3 is 2.27 bits per heavy atom. The number of amides is 3. The van der Waals surface area contributed by atoms with E-state index in [-0.39, 0.29) is 18.8 Å². The number of aromatic nitrogens is 3. The normalized spacial score (nSPS) is 14.3. The van der Waals surface area contributed by atoms with Crippen molar-refractivity contribution in [3.05, 3.63) is 54.2 Å². The van der Waals surface area contributed by atoms with Gasteiger partial charge in [-0.1, -0.05) is 32.0 Å². The van der Waals surface area contributed by atoms with E-state index < -0.39 is 47.9 Å². The summed E-state index contributed by atoms with van der Waals surface area (Å²) in [6.07, 6.45) is 6.19. The van der Waals surface area contributed by atoms with Crippen LogP contribution in [-0.4, -0.2) is 74.5 Å². The van der Waals surface area contributed by atoms with E-state index in [9.17, 15) is 24.3 Å². The van der Waals surface area contributed by atoms with Gasteiger partial charge in [0.25, 0.3) is 0 Å². The van der Waals surface area contributed by atoms with Crippen LogP contribution in [0.1, 0.15) is 44.4 Å². The number of nitrogens with two attached hydrogens (primary N) is 2. The fourth-order valence-electron chi connectivity index (χ4n) is 4.42. The van der Waals surface area contributed by atoms with E-state index in [4.69, 9.17) is 11.5 Å². The molecule has 13 heteroatoms. The van der Waals surface area contributed by atoms with Crippen LogP contribution in [0.3, 0.4) is 0 Å². The number of hydrogen-bond acceptors (Lipinski definition) is 7. The number of nitrogens with zero attached hydrogens (tertiary/aromatic N) is 1. The topological polar surface area (TPSA) is 221 Å². The summed E-state index contributed by atoms with van der Waals surface area (Å²) in [6, 6.07) is 3.32. The number of fused-ring (bicyclic) bond motifs is 1. The number of H-pyrrole nitrogens is 2. The number of carboxylic acids is 1. The number of carbonyl (C=O) groups is 4. The van der Waals surface area contributed by atoms with E-state index >= 15 is 0 Å². The summed E-state index contributed by atoms with van der Waals surface area (Å²) in [4.78, 5) is 61.6. The van der Waals surface area contributed by atoms with Crippen molar-refractivity contribution in [2.45, 2.75) is 70.1 Å². The monoisotopic (exact) mass is 568 g/mol. The SMILES string of the molecule is CC(C)C(N)C(=O)NC(CCCCN)C(=O)NC(Cc1c[nH]c2ccccc12)C(=O)NC(Cc1cnc[nH]1)C(=O)O. The summed E-state index contributed by atoms with van der Waals surface area (Å²) >= 11 is 0. The Kier molecular flexibility index (Phi) is 11.4. The molecule has 0 radical (unpaired) electrons. The Morgan fingerprint density at radius 1 is 0.927 bits per heavy atom. The van der Waals surface area contributed by atoms with Crippen LogP contribution < -0.4 is 27.4 Å². The van der Waals surface area contributed by atoms with Crippen LogP contribution in [0.15, 0.2) is 43.0 Å². The molecular formula is C28H40N8O5. The lowest BCUT2D eigenvalue weighted by molar-refractivity contribution is -0.142. The number of aromatic amines is 2. The van der Waals surface area contributed by atoms with Gasteiger partial charge in [-0.2, -0.15) is 0 Å². The van der Waals surface area contributed by atoms with E-state index in [1.165, 1.54) is 12.5 Å². The number of carbonyl (C=O) groups excluding carboxylic acids is 3. The highest BCUT2D eigenvalue weighted by atomic mass is 16.4. The maximum Gasteiger partial charge on any atom is 0.326 e. The molecule has 4 unspecified atom stereocenters. The molecular weight excluding hydrogens is 528 g/mol. The fraction of sp³-hybridized carbons (Fsp3) is 0.464. The fourth-order valence-corrected chi connectivity index (χ4v) is 4.42. The van der Waals surface area contributed by atoms with Crippen molar-refractivity contribution in [2.24, 2.45) is 17.4 Å². The molecule has 1 aromatic carbocycles. The van der Waals surface area contributed by atoms with Crippen molar-refractivity contribution >= 4 is 34.6 Å². The largest absolute Gasteiger partial charge is 0.480 e. The van der Waals surface area contributed by atoms with Gasteiger partial charge in [-0.15, -0.1) is 0 Å². The van der Waals surface area contributed by atoms with Crippen LogP contribution in [0.25, 0.3) is 10.9 Å². The standard InChI is InChI=1S/C28H40N8O5/c1-16(2)24(30)27(39)34-21(9-5-6-10-29)25(37)35-22(11-17-13-32-20-8-4-3-7-19(17)20)26(38)36-23(28(40)41)12-18-14-31-15-33-18/h3-4,7-8,13-16,21-24,32H,5-6,9-12,29-30H2,1-2H3,(H,31,33)(H,34,39)(H,35,37)(H,36,38)(H,40,41). The van der Waals surface area contributed by atoms with Gasteiger partial charge in [-0.05, 0) is 43.4 Å². The minimum Gasteiger partial charge on any atom is -0.480 e. The Balaban J connectivity index is 1.85. The number of rotatable bonds is 16. The van der Waals surface area contributed by atoms with Crippen LogP contribution in [0.5, 0.6) is 0 Å². The predicted octanol–water partition coefficient (Wildman–Crippen LogP) is 0.328. The molecule has 0 saturated carbocycles. The van der Waals surface area contributed by atoms with Crippen molar-refractivity contribution in [1.82, 2.24) is 30.9 Å². The van der Waals surface area contributed by atoms with Gasteiger partial charge in [0.15, 0.2) is 0 Å². The first-order valence-corrected chi connectivity index (χ1v) is 13.7. The first-order chi connectivity index (χ1) is 19.6. The summed E-state index contributed by atoms with van der Waals surface area (Å²) in [5.74, 6) is -3.12. The number of carboxylic acid groups (broad SMARTS) is 1. The average Bonchev–Trinajstić information content (AvgIpc) is 3.61. The summed E-state index contributed by atoms with van der Waals surface area (Å²) in [6.45, 7) is 4.03. The van der Waals surface area contributed by atoms with Crippen molar-refractivity contribution in [3.8, 4) is 0 Å². The minimum atomic E-state index is -1.27. The van der Waals surface area contributed by atoms with E-state index in [0.717, 1.165) is 16.5 Å². The van der Waals surface area contributed by atoms with E-state index in [2.05, 4.69) is 30.9 Å². The van der Waals surface area contributed by atoms with Crippen molar-refractivity contribution < 1.29 is 24.3 Å². The van der Waals surface area contributed by atoms with Crippen molar-refractivity contribution in [2.75, 3.05) is 6.54 Å². The van der Waals surface area contributed by atoms with Crippen LogP contribution in [0, 0.1) is 5.92 Å². The Labute approximate surface area is 238 Å². The van der Waals surface area contributed by atoms with Gasteiger partial charge in [0, 0.05) is 41.8 Å². The molecule has 0 bridgehead atoms. The van der Waals surface area contributed by atoms with Gasteiger partial charge >= 0.3 is 5.97 Å². The van der Waals surface area contributed by atoms with Crippen LogP contribution in [0.4, 0.5) is 0 Å². The number of para-hydroxylation sites is 1. The van der Waals surface area contributed by atoms with Crippen molar-refractivity contribution in [3.63, 3.8) is 0 Å². The van der Waals surface area contributed by atoms with Crippen LogP contribution in [-0.2, 0) is 32.0 Å². The third-order valence-corrected chi connectivity index (χ3v) is 6.93. The van der Waals surface area contributed by atoms with Gasteiger partial charge < -0.3 is 42.5 Å². The third kappa shape index (κ3) is 8.88. The molecule has 4 atom stereocenters. The number of imidazole rings is 1. The molecule has 222 valence electrons. The number of hydrogen-bond donors (Lipinski definition) is 8. The Bertz CT molecular complexity index is 1310. The number of aliphatic carboxylic acids is 1. The van der Waals surface area contributed by atoms with Crippen LogP contribution in [0.2, 0.25) is 0 Å². The number of benzene rings is 1. The van der Waals surface area contributed by atoms with Crippen molar-refractivity contribution in [1.29, 1.82) is 0 Å². The Hall–Kier alpha value is -4.23. The lowest BCUT2D eigenvalue weighted by Crippen LogP contribution is -2.58. The van der Waals surface area contributed by atoms with Crippen LogP contribution >= 0.6 is 0 Å². The zero-order valence-electron chi connectivity index (χ0n) is 23.4. The molecule has 3 aromatic rings. The summed E-state index contributed by atoms with van der Waals surface area (Å²) in [5.41, 5.74) is 13.8. The molecule has 10 N–H and O–H groups in total. The molecule has 3 amide bonds. The highest BCUT2D eigenvalue weighted by molar-refractivity contribution is 5.95. The molecule has 3 rings (SSSR count). The van der Waals surface area contributed by atoms with Gasteiger partial charge in [-0.25, -0.2) is 9.78 Å². The zero-order chi connectivity index (χ0) is 29.9. The molecule has 0 aliphatic rings. The molecule has 0 spiro atoms. The molecule has 0 saturated heterocycles. The first kappa shape index (κ1) is 31.3. The van der Waals surface area contributed by atoms with Gasteiger partial charge in [-0.3, -0.25) is 14.4 Å². The highest BCUT2D eigenvalue weighted by Crippen LogP contribution is 2.19. The maximum atomic E-state index is 13.5. The molecule has 0 aliphatic heterocycles. The lowest BCUT2D eigenvalue weighted by atomic mass is 10.0. The predicted molar refractivity (Wildman–Crippen MR) is 153 cm³/mol. The number of nitrogens with one attached hydrogen (secondary N) is 5. The second-order valence-electron chi connectivity index (χ2n) is 10.4. The maximum absolute atomic E-state index is 13.5. The molecule has 41 heavy (non-hydrogen) atoms. The molecule has 2 aromatic heterocycles. The quantitative estimate of drug-likeness (QED) is 0.112. The lowest BCUT2D eigenvalue weighted by Gasteiger charge is -2.26. The van der Waals surface area contributed by atoms with Gasteiger partial charge in [0.05, 0.1) is 12.4 Å². The Morgan fingerprint density at radius 2 is 1.61 bits per heavy atom. The summed E-state index contributed by atoms with van der Waals surface area (Å²) in [5, 5.41) is 18.7. The van der Waals surface area contributed by atoms with E-state index in [0.29, 0.717) is 31.5 Å². The summed E-state index contributed by atoms with van der Waals surface area (Å²) in [7, 11) is 0. The average molecular weight is 569 g/mol. The number of unbranched alkanes of at least 4 members (excludes halogenated alkanes) is 1. The minimum absolute atomic E-state index is 0.0281. The van der Waals surface area contributed by atoms with E-state index in [1.807, 2.05) is 24.3 Å². The third-order valence-electron chi connectivity index (χ3n) is 6.93. The second kappa shape index (κ2) is 15.0. The zero-order valence-corrected chi connectivity index (χ0v) is 23.4. The smallest absolute Gasteiger partial charge is 0.326 e. The van der Waals surface area contributed by atoms with Gasteiger partial charge in [0.2, 0.25) is 17.7 Å². The highest BCUT2D eigenvalue weighted by Gasteiger charge is 2.31.